The zero-order valence-corrected chi connectivity index (χ0v) is 17.7. The van der Waals surface area contributed by atoms with Crippen molar-refractivity contribution in [1.82, 2.24) is 0 Å². The highest BCUT2D eigenvalue weighted by Gasteiger charge is 2.21. The highest BCUT2D eigenvalue weighted by Crippen LogP contribution is 2.32. The largest absolute Gasteiger partial charge is 0.477 e. The number of rotatable bonds is 11. The molecule has 1 aliphatic carbocycles. The van der Waals surface area contributed by atoms with E-state index in [0.717, 1.165) is 30.1 Å². The van der Waals surface area contributed by atoms with Crippen LogP contribution in [0.3, 0.4) is 0 Å². The van der Waals surface area contributed by atoms with Gasteiger partial charge >= 0.3 is 5.97 Å². The Morgan fingerprint density at radius 2 is 1.85 bits per heavy atom. The van der Waals surface area contributed by atoms with Gasteiger partial charge in [-0.1, -0.05) is 51.9 Å². The molecule has 2 atom stereocenters. The van der Waals surface area contributed by atoms with Crippen molar-refractivity contribution in [3.63, 3.8) is 0 Å². The predicted octanol–water partition coefficient (Wildman–Crippen LogP) is 6.52. The van der Waals surface area contributed by atoms with Gasteiger partial charge in [0.1, 0.15) is 4.88 Å². The van der Waals surface area contributed by atoms with Gasteiger partial charge in [-0.05, 0) is 50.2 Å². The first kappa shape index (κ1) is 23.5. The Balaban J connectivity index is 0.000000273. The smallest absolute Gasteiger partial charge is 0.345 e. The first-order valence-corrected chi connectivity index (χ1v) is 11.4. The second-order valence-corrected chi connectivity index (χ2v) is 9.02. The summed E-state index contributed by atoms with van der Waals surface area (Å²) in [7, 11) is 0. The van der Waals surface area contributed by atoms with Crippen LogP contribution in [-0.2, 0) is 6.42 Å². The van der Waals surface area contributed by atoms with Crippen molar-refractivity contribution in [2.24, 2.45) is 5.92 Å². The molecular formula is C21H35ClO3S. The molecule has 1 fully saturated rings. The standard InChI is InChI=1S/C13H25ClO.C8H10O2S/c14-13-9-8-12(11-13)7-5-3-1-2-4-6-10-15;1-2-3-6-4-5-7(11-6)8(9)10/h12-13,15H,1-11H2;4-5H,2-3H2,1H3,(H,9,10)/t12?,13-;/m1./s1. The van der Waals surface area contributed by atoms with Gasteiger partial charge in [0, 0.05) is 16.9 Å². The molecule has 0 aliphatic heterocycles. The Morgan fingerprint density at radius 1 is 1.15 bits per heavy atom. The maximum atomic E-state index is 10.4. The summed E-state index contributed by atoms with van der Waals surface area (Å²) in [5.74, 6) is 0.0993. The number of carboxylic acids is 1. The number of hydrogen-bond acceptors (Lipinski definition) is 3. The van der Waals surface area contributed by atoms with Gasteiger partial charge in [-0.25, -0.2) is 4.79 Å². The van der Waals surface area contributed by atoms with Crippen LogP contribution >= 0.6 is 22.9 Å². The summed E-state index contributed by atoms with van der Waals surface area (Å²) in [5.41, 5.74) is 0. The van der Waals surface area contributed by atoms with Crippen LogP contribution in [0.5, 0.6) is 0 Å². The normalized spacial score (nSPS) is 19.2. The number of aliphatic hydroxyl groups is 1. The fourth-order valence-electron chi connectivity index (χ4n) is 3.40. The molecule has 1 unspecified atom stereocenters. The minimum Gasteiger partial charge on any atom is -0.477 e. The van der Waals surface area contributed by atoms with Crippen molar-refractivity contribution in [2.45, 2.75) is 89.4 Å². The number of thiophene rings is 1. The molecule has 0 amide bonds. The summed E-state index contributed by atoms with van der Waals surface area (Å²) >= 11 is 7.45. The first-order valence-electron chi connectivity index (χ1n) is 10.1. The van der Waals surface area contributed by atoms with E-state index in [1.807, 2.05) is 6.07 Å². The quantitative estimate of drug-likeness (QED) is 0.327. The number of carbonyl (C=O) groups is 1. The highest BCUT2D eigenvalue weighted by atomic mass is 35.5. The van der Waals surface area contributed by atoms with Crippen LogP contribution in [0, 0.1) is 5.92 Å². The molecule has 1 aromatic rings. The van der Waals surface area contributed by atoms with Crippen LogP contribution in [0.15, 0.2) is 12.1 Å². The van der Waals surface area contributed by atoms with E-state index >= 15 is 0 Å². The molecule has 0 radical (unpaired) electrons. The number of carboxylic acid groups (broad SMARTS) is 1. The Labute approximate surface area is 167 Å². The summed E-state index contributed by atoms with van der Waals surface area (Å²) in [6.07, 6.45) is 14.9. The lowest BCUT2D eigenvalue weighted by Gasteiger charge is -2.08. The second kappa shape index (κ2) is 14.5. The van der Waals surface area contributed by atoms with Crippen molar-refractivity contribution >= 4 is 28.9 Å². The zero-order valence-electron chi connectivity index (χ0n) is 16.1. The molecule has 0 bridgehead atoms. The van der Waals surface area contributed by atoms with Crippen LogP contribution in [-0.4, -0.2) is 28.2 Å². The van der Waals surface area contributed by atoms with Gasteiger partial charge < -0.3 is 10.2 Å². The Morgan fingerprint density at radius 3 is 2.38 bits per heavy atom. The molecule has 2 N–H and O–H groups in total. The van der Waals surface area contributed by atoms with Gasteiger partial charge in [-0.15, -0.1) is 22.9 Å². The highest BCUT2D eigenvalue weighted by molar-refractivity contribution is 7.13. The van der Waals surface area contributed by atoms with Crippen LogP contribution in [0.1, 0.15) is 92.1 Å². The van der Waals surface area contributed by atoms with E-state index in [9.17, 15) is 4.79 Å². The molecule has 1 aliphatic rings. The van der Waals surface area contributed by atoms with Crippen LogP contribution in [0.25, 0.3) is 0 Å². The summed E-state index contributed by atoms with van der Waals surface area (Å²) < 4.78 is 0. The molecule has 1 heterocycles. The molecule has 3 nitrogen and oxygen atoms in total. The lowest BCUT2D eigenvalue weighted by atomic mass is 9.99. The van der Waals surface area contributed by atoms with E-state index in [1.165, 1.54) is 69.1 Å². The van der Waals surface area contributed by atoms with Gasteiger partial charge in [-0.2, -0.15) is 0 Å². The Hall–Kier alpha value is -0.580. The van der Waals surface area contributed by atoms with Crippen LogP contribution in [0.2, 0.25) is 0 Å². The SMILES string of the molecule is CCCc1ccc(C(=O)O)s1.OCCCCCCCCC1CC[C@@H](Cl)C1. The van der Waals surface area contributed by atoms with Gasteiger partial charge in [0.2, 0.25) is 0 Å². The molecule has 5 heteroatoms. The van der Waals surface area contributed by atoms with Crippen molar-refractivity contribution in [3.05, 3.63) is 21.9 Å². The fourth-order valence-corrected chi connectivity index (χ4v) is 4.73. The van der Waals surface area contributed by atoms with Gasteiger partial charge in [0.15, 0.2) is 0 Å². The van der Waals surface area contributed by atoms with E-state index in [-0.39, 0.29) is 0 Å². The zero-order chi connectivity index (χ0) is 19.2. The third-order valence-electron chi connectivity index (χ3n) is 4.87. The molecule has 2 rings (SSSR count). The van der Waals surface area contributed by atoms with E-state index in [2.05, 4.69) is 6.92 Å². The monoisotopic (exact) mass is 402 g/mol. The molecule has 26 heavy (non-hydrogen) atoms. The van der Waals surface area contributed by atoms with E-state index in [1.54, 1.807) is 6.07 Å². The number of alkyl halides is 1. The summed E-state index contributed by atoms with van der Waals surface area (Å²) in [6, 6.07) is 3.55. The average molecular weight is 403 g/mol. The average Bonchev–Trinajstić information content (AvgIpc) is 3.24. The lowest BCUT2D eigenvalue weighted by molar-refractivity contribution is 0.0702. The minimum atomic E-state index is -0.822. The third-order valence-corrected chi connectivity index (χ3v) is 6.40. The van der Waals surface area contributed by atoms with E-state index in [4.69, 9.17) is 21.8 Å². The van der Waals surface area contributed by atoms with E-state index in [0.29, 0.717) is 16.9 Å². The number of halogens is 1. The first-order chi connectivity index (χ1) is 12.6. The number of aryl methyl sites for hydroxylation is 1. The second-order valence-electron chi connectivity index (χ2n) is 7.23. The molecular weight excluding hydrogens is 368 g/mol. The molecule has 150 valence electrons. The topological polar surface area (TPSA) is 57.5 Å². The summed E-state index contributed by atoms with van der Waals surface area (Å²) in [6.45, 7) is 2.44. The van der Waals surface area contributed by atoms with Crippen LogP contribution < -0.4 is 0 Å². The molecule has 0 aromatic carbocycles. The molecule has 1 aromatic heterocycles. The summed E-state index contributed by atoms with van der Waals surface area (Å²) in [4.78, 5) is 12.0. The number of aromatic carboxylic acids is 1. The van der Waals surface area contributed by atoms with Crippen LogP contribution in [0.4, 0.5) is 0 Å². The number of hydrogen-bond donors (Lipinski definition) is 2. The van der Waals surface area contributed by atoms with Gasteiger partial charge in [-0.3, -0.25) is 0 Å². The number of aliphatic hydroxyl groups excluding tert-OH is 1. The van der Waals surface area contributed by atoms with Gasteiger partial charge in [0.25, 0.3) is 0 Å². The van der Waals surface area contributed by atoms with Crippen molar-refractivity contribution in [2.75, 3.05) is 6.61 Å². The Kier molecular flexibility index (Phi) is 13.1. The van der Waals surface area contributed by atoms with Crippen molar-refractivity contribution < 1.29 is 15.0 Å². The fraction of sp³-hybridized carbons (Fsp3) is 0.762. The molecule has 0 saturated heterocycles. The van der Waals surface area contributed by atoms with Crippen molar-refractivity contribution in [3.8, 4) is 0 Å². The Bertz CT molecular complexity index is 489. The van der Waals surface area contributed by atoms with Gasteiger partial charge in [0.05, 0.1) is 0 Å². The lowest BCUT2D eigenvalue weighted by Crippen LogP contribution is -1.95. The predicted molar refractivity (Wildman–Crippen MR) is 112 cm³/mol. The molecule has 0 spiro atoms. The summed E-state index contributed by atoms with van der Waals surface area (Å²) in [5, 5.41) is 17.7. The molecule has 1 saturated carbocycles. The maximum Gasteiger partial charge on any atom is 0.345 e. The maximum absolute atomic E-state index is 10.4. The minimum absolute atomic E-state index is 0.360. The number of unbranched alkanes of at least 4 members (excludes halogenated alkanes) is 5. The third kappa shape index (κ3) is 10.5. The van der Waals surface area contributed by atoms with Crippen molar-refractivity contribution in [1.29, 1.82) is 0 Å². The van der Waals surface area contributed by atoms with E-state index < -0.39 is 5.97 Å².